The van der Waals surface area contributed by atoms with Crippen LogP contribution in [0.5, 0.6) is 0 Å². The third-order valence-corrected chi connectivity index (χ3v) is 9.44. The summed E-state index contributed by atoms with van der Waals surface area (Å²) in [7, 11) is 0. The van der Waals surface area contributed by atoms with E-state index in [2.05, 4.69) is 65.9 Å². The first kappa shape index (κ1) is 34.4. The van der Waals surface area contributed by atoms with Crippen molar-refractivity contribution in [3.05, 3.63) is 138 Å². The molecule has 0 radical (unpaired) electrons. The molecule has 0 amide bonds. The topological polar surface area (TPSA) is 62.6 Å². The monoisotopic (exact) mass is 891 g/mol. The average Bonchev–Trinajstić information content (AvgIpc) is 3.85. The van der Waals surface area contributed by atoms with Gasteiger partial charge in [0.05, 0.1) is 22.5 Å². The van der Waals surface area contributed by atoms with Crippen molar-refractivity contribution < 1.29 is 43.0 Å². The van der Waals surface area contributed by atoms with E-state index in [9.17, 15) is 22.0 Å². The number of benzene rings is 4. The van der Waals surface area contributed by atoms with Gasteiger partial charge >= 0.3 is 21.1 Å². The number of fused-ring (bicyclic) bond motifs is 6. The van der Waals surface area contributed by atoms with E-state index in [0.717, 1.165) is 55.5 Å². The fourth-order valence-electron chi connectivity index (χ4n) is 6.86. The fraction of sp³-hybridized carbons (Fsp3) is 0.0976. The van der Waals surface area contributed by atoms with E-state index in [1.54, 1.807) is 6.07 Å². The van der Waals surface area contributed by atoms with Gasteiger partial charge < -0.3 is 19.3 Å². The molecule has 0 spiro atoms. The second-order valence-corrected chi connectivity index (χ2v) is 13.6. The molecule has 0 unspecified atom stereocenters. The minimum atomic E-state index is -2.25. The number of aromatic nitrogens is 6. The van der Waals surface area contributed by atoms with E-state index in [1.807, 2.05) is 65.4 Å². The van der Waals surface area contributed by atoms with Crippen molar-refractivity contribution in [3.8, 4) is 34.2 Å². The van der Waals surface area contributed by atoms with Gasteiger partial charge in [0.25, 0.3) is 0 Å². The van der Waals surface area contributed by atoms with Crippen LogP contribution in [-0.2, 0) is 26.5 Å². The fourth-order valence-corrected chi connectivity index (χ4v) is 6.86. The Bertz CT molecular complexity index is 2890. The number of rotatable bonds is 4. The smallest absolute Gasteiger partial charge is 0.573 e. The van der Waals surface area contributed by atoms with Crippen LogP contribution in [0.25, 0.3) is 77.9 Å². The summed E-state index contributed by atoms with van der Waals surface area (Å²) in [5.41, 5.74) is 3.59. The Morgan fingerprint density at radius 2 is 1.26 bits per heavy atom. The number of pyridine rings is 2. The molecule has 0 N–H and O–H groups in total. The average molecular weight is 892 g/mol. The van der Waals surface area contributed by atoms with Gasteiger partial charge in [-0.1, -0.05) is 74.1 Å². The van der Waals surface area contributed by atoms with Crippen LogP contribution in [0.3, 0.4) is 0 Å². The summed E-state index contributed by atoms with van der Waals surface area (Å²) >= 11 is 0. The summed E-state index contributed by atoms with van der Waals surface area (Å²) in [5.74, 6) is -9.59. The molecule has 0 bridgehead atoms. The number of hydrogen-bond donors (Lipinski definition) is 0. The van der Waals surface area contributed by atoms with Gasteiger partial charge in [0.15, 0.2) is 23.3 Å². The van der Waals surface area contributed by atoms with Gasteiger partial charge in [-0.25, -0.2) is 31.9 Å². The largest absolute Gasteiger partial charge is 2.00 e. The first-order chi connectivity index (χ1) is 25.0. The van der Waals surface area contributed by atoms with Crippen LogP contribution in [0.15, 0.2) is 97.2 Å². The van der Waals surface area contributed by atoms with Crippen molar-refractivity contribution in [2.75, 3.05) is 0 Å². The number of para-hydroxylation sites is 2. The molecule has 0 aliphatic heterocycles. The maximum atomic E-state index is 14.6. The van der Waals surface area contributed by atoms with Gasteiger partial charge in [0.2, 0.25) is 5.82 Å². The van der Waals surface area contributed by atoms with E-state index in [0.29, 0.717) is 11.3 Å². The Hall–Kier alpha value is -5.67. The molecule has 0 aliphatic carbocycles. The zero-order chi connectivity index (χ0) is 36.1. The molecule has 6 nitrogen and oxygen atoms in total. The molecule has 0 atom stereocenters. The maximum Gasteiger partial charge on any atom is 2.00 e. The first-order valence-corrected chi connectivity index (χ1v) is 16.4. The van der Waals surface area contributed by atoms with Crippen molar-refractivity contribution in [1.29, 1.82) is 0 Å². The molecule has 0 saturated carbocycles. The predicted molar refractivity (Wildman–Crippen MR) is 190 cm³/mol. The van der Waals surface area contributed by atoms with E-state index in [-0.39, 0.29) is 37.9 Å². The minimum absolute atomic E-state index is 0. The van der Waals surface area contributed by atoms with Gasteiger partial charge in [-0.3, -0.25) is 0 Å². The molecule has 4 aromatic carbocycles. The molecule has 5 aromatic heterocycles. The molecule has 264 valence electrons. The summed E-state index contributed by atoms with van der Waals surface area (Å²) in [6.45, 7) is 6.48. The van der Waals surface area contributed by atoms with E-state index < -0.39 is 40.3 Å². The standard InChI is InChI=1S/C41H25F5N6.Pt/c1-41(2,3)21-16-17-47-33(18-21)52-31-11-7-4-8-23(31)25-13-12-22(19-32(25)52)51-30-10-6-5-9-24(30)26-14-15-27(48-40(26)51)28-20-29(50-49-28)34-35(42)37(44)39(46)38(45)36(34)43;/h4-18,20H,1-3H3;/q-2;+2. The van der Waals surface area contributed by atoms with Crippen LogP contribution in [0, 0.1) is 35.2 Å². The summed E-state index contributed by atoms with van der Waals surface area (Å²) in [6, 6.07) is 32.4. The third-order valence-electron chi connectivity index (χ3n) is 9.44. The van der Waals surface area contributed by atoms with Gasteiger partial charge in [-0.05, 0) is 58.8 Å². The van der Waals surface area contributed by atoms with Crippen molar-refractivity contribution in [2.45, 2.75) is 26.2 Å². The first-order valence-electron chi connectivity index (χ1n) is 16.4. The molecule has 0 saturated heterocycles. The quantitative estimate of drug-likeness (QED) is 0.0765. The van der Waals surface area contributed by atoms with Crippen molar-refractivity contribution >= 4 is 43.7 Å². The van der Waals surface area contributed by atoms with Gasteiger partial charge in [-0.2, -0.15) is 6.07 Å². The van der Waals surface area contributed by atoms with Crippen molar-refractivity contribution in [2.24, 2.45) is 0 Å². The van der Waals surface area contributed by atoms with Crippen LogP contribution in [0.2, 0.25) is 0 Å². The second-order valence-electron chi connectivity index (χ2n) is 13.6. The number of halogens is 5. The van der Waals surface area contributed by atoms with Gasteiger partial charge in [0.1, 0.15) is 11.5 Å². The van der Waals surface area contributed by atoms with E-state index in [4.69, 9.17) is 9.97 Å². The summed E-state index contributed by atoms with van der Waals surface area (Å²) in [6.07, 6.45) is 1.82. The Morgan fingerprint density at radius 3 is 1.96 bits per heavy atom. The Balaban J connectivity index is 0.00000400. The number of nitrogens with zero attached hydrogens (tertiary/aromatic N) is 6. The van der Waals surface area contributed by atoms with Crippen LogP contribution in [0.4, 0.5) is 22.0 Å². The van der Waals surface area contributed by atoms with Crippen molar-refractivity contribution in [3.63, 3.8) is 0 Å². The summed E-state index contributed by atoms with van der Waals surface area (Å²) < 4.78 is 75.1. The molecule has 9 rings (SSSR count). The maximum absolute atomic E-state index is 14.6. The van der Waals surface area contributed by atoms with Gasteiger partial charge in [0, 0.05) is 22.5 Å². The molecule has 0 fully saturated rings. The second kappa shape index (κ2) is 12.5. The van der Waals surface area contributed by atoms with Crippen LogP contribution < -0.4 is 5.10 Å². The summed E-state index contributed by atoms with van der Waals surface area (Å²) in [5, 5.41) is 11.5. The summed E-state index contributed by atoms with van der Waals surface area (Å²) in [4.78, 5) is 9.71. The van der Waals surface area contributed by atoms with Crippen LogP contribution >= 0.6 is 0 Å². The molecular formula is C41H25F5N6Pt. The van der Waals surface area contributed by atoms with E-state index >= 15 is 0 Å². The molecule has 9 aromatic rings. The predicted octanol–water partition coefficient (Wildman–Crippen LogP) is 10.1. The zero-order valence-electron chi connectivity index (χ0n) is 28.1. The Morgan fingerprint density at radius 1 is 0.642 bits per heavy atom. The third kappa shape index (κ3) is 5.28. The van der Waals surface area contributed by atoms with E-state index in [1.165, 1.54) is 0 Å². The van der Waals surface area contributed by atoms with Crippen LogP contribution in [0.1, 0.15) is 26.3 Å². The zero-order valence-corrected chi connectivity index (χ0v) is 30.4. The Labute approximate surface area is 313 Å². The molecule has 5 heterocycles. The molecule has 53 heavy (non-hydrogen) atoms. The molecular weight excluding hydrogens is 867 g/mol. The Kier molecular flexibility index (Phi) is 8.11. The van der Waals surface area contributed by atoms with Crippen LogP contribution in [-0.4, -0.2) is 24.2 Å². The molecule has 12 heteroatoms. The van der Waals surface area contributed by atoms with Gasteiger partial charge in [-0.15, -0.1) is 17.5 Å². The minimum Gasteiger partial charge on any atom is -0.573 e. The normalized spacial score (nSPS) is 12.0. The SMILES string of the molecule is CC(C)(C)c1ccnc(-n2c3[c-]c(-n4c5ccccc5c5ccc(-c6cc(-c7c(F)c(F)c(F)c(F)c7F)n[n-]6)nc54)ccc3c3ccccc32)c1.[Pt+2]. The number of hydrogen-bond acceptors (Lipinski definition) is 3. The molecule has 0 aliphatic rings. The van der Waals surface area contributed by atoms with Crippen molar-refractivity contribution in [1.82, 2.24) is 29.3 Å².